The average molecular weight is 296 g/mol. The number of aromatic nitrogens is 2. The summed E-state index contributed by atoms with van der Waals surface area (Å²) in [5, 5.41) is 19.0. The van der Waals surface area contributed by atoms with Gasteiger partial charge in [-0.3, -0.25) is 0 Å². The topological polar surface area (TPSA) is 75.3 Å². The zero-order valence-electron chi connectivity index (χ0n) is 12.1. The molecule has 112 valence electrons. The van der Waals surface area contributed by atoms with Crippen LogP contribution in [0.15, 0.2) is 48.5 Å². The largest absolute Gasteiger partial charge is 0.478 e. The number of aliphatic hydroxyl groups is 1. The summed E-state index contributed by atoms with van der Waals surface area (Å²) < 4.78 is 1.92. The van der Waals surface area contributed by atoms with E-state index in [2.05, 4.69) is 4.98 Å². The Morgan fingerprint density at radius 3 is 2.59 bits per heavy atom. The molecule has 1 aromatic heterocycles. The van der Waals surface area contributed by atoms with E-state index in [1.54, 1.807) is 19.1 Å². The molecule has 2 aromatic carbocycles. The van der Waals surface area contributed by atoms with E-state index >= 15 is 0 Å². The van der Waals surface area contributed by atoms with E-state index in [0.717, 1.165) is 11.1 Å². The second kappa shape index (κ2) is 5.61. The Hall–Kier alpha value is -2.66. The summed E-state index contributed by atoms with van der Waals surface area (Å²) in [5.74, 6) is -0.459. The fourth-order valence-electron chi connectivity index (χ4n) is 2.53. The third-order valence-corrected chi connectivity index (χ3v) is 3.58. The Labute approximate surface area is 127 Å². The van der Waals surface area contributed by atoms with Crippen molar-refractivity contribution in [1.29, 1.82) is 0 Å². The molecule has 0 spiro atoms. The highest BCUT2D eigenvalue weighted by Gasteiger charge is 2.16. The number of rotatable bonds is 4. The van der Waals surface area contributed by atoms with Crippen molar-refractivity contribution in [2.24, 2.45) is 0 Å². The highest BCUT2D eigenvalue weighted by atomic mass is 16.4. The molecule has 3 aromatic rings. The zero-order valence-corrected chi connectivity index (χ0v) is 12.1. The van der Waals surface area contributed by atoms with Gasteiger partial charge in [0.05, 0.1) is 16.6 Å². The molecule has 0 aliphatic carbocycles. The maximum Gasteiger partial charge on any atom is 0.335 e. The summed E-state index contributed by atoms with van der Waals surface area (Å²) in [4.78, 5) is 15.5. The molecule has 3 rings (SSSR count). The van der Waals surface area contributed by atoms with E-state index in [-0.39, 0.29) is 5.56 Å². The van der Waals surface area contributed by atoms with Crippen LogP contribution < -0.4 is 0 Å². The van der Waals surface area contributed by atoms with Gasteiger partial charge in [0.15, 0.2) is 0 Å². The number of carboxylic acids is 1. The van der Waals surface area contributed by atoms with Gasteiger partial charge in [0.1, 0.15) is 11.9 Å². The van der Waals surface area contributed by atoms with Gasteiger partial charge in [-0.2, -0.15) is 0 Å². The van der Waals surface area contributed by atoms with E-state index in [4.69, 9.17) is 5.11 Å². The number of benzene rings is 2. The van der Waals surface area contributed by atoms with Crippen LogP contribution >= 0.6 is 0 Å². The fourth-order valence-corrected chi connectivity index (χ4v) is 2.53. The van der Waals surface area contributed by atoms with Crippen molar-refractivity contribution in [3.63, 3.8) is 0 Å². The standard InChI is InChI=1S/C17H16N2O3/c1-11(20)16-18-14-9-13(17(21)22)7-8-15(14)19(16)10-12-5-3-2-4-6-12/h2-9,11,20H,10H2,1H3,(H,21,22). The quantitative estimate of drug-likeness (QED) is 0.776. The molecular weight excluding hydrogens is 280 g/mol. The first-order chi connectivity index (χ1) is 10.6. The summed E-state index contributed by atoms with van der Waals surface area (Å²) in [5.41, 5.74) is 2.66. The smallest absolute Gasteiger partial charge is 0.335 e. The maximum absolute atomic E-state index is 11.1. The summed E-state index contributed by atoms with van der Waals surface area (Å²) in [6, 6.07) is 14.7. The molecule has 1 atom stereocenters. The summed E-state index contributed by atoms with van der Waals surface area (Å²) >= 11 is 0. The van der Waals surface area contributed by atoms with Gasteiger partial charge in [0, 0.05) is 6.54 Å². The van der Waals surface area contributed by atoms with E-state index < -0.39 is 12.1 Å². The number of fused-ring (bicyclic) bond motifs is 1. The molecule has 5 nitrogen and oxygen atoms in total. The molecule has 0 amide bonds. The van der Waals surface area contributed by atoms with Gasteiger partial charge in [0.2, 0.25) is 0 Å². The Bertz CT molecular complexity index is 823. The lowest BCUT2D eigenvalue weighted by molar-refractivity contribution is 0.0697. The monoisotopic (exact) mass is 296 g/mol. The lowest BCUT2D eigenvalue weighted by atomic mass is 10.2. The van der Waals surface area contributed by atoms with Crippen molar-refractivity contribution in [2.45, 2.75) is 19.6 Å². The normalized spacial score (nSPS) is 12.5. The molecule has 0 radical (unpaired) electrons. The van der Waals surface area contributed by atoms with Crippen LogP contribution in [-0.4, -0.2) is 25.7 Å². The van der Waals surface area contributed by atoms with Crippen molar-refractivity contribution < 1.29 is 15.0 Å². The van der Waals surface area contributed by atoms with Gasteiger partial charge in [-0.05, 0) is 30.7 Å². The predicted molar refractivity (Wildman–Crippen MR) is 82.9 cm³/mol. The number of aliphatic hydroxyl groups excluding tert-OH is 1. The Morgan fingerprint density at radius 1 is 1.23 bits per heavy atom. The fraction of sp³-hybridized carbons (Fsp3) is 0.176. The number of carboxylic acid groups (broad SMARTS) is 1. The molecule has 2 N–H and O–H groups in total. The third kappa shape index (κ3) is 2.58. The van der Waals surface area contributed by atoms with Gasteiger partial charge in [-0.25, -0.2) is 9.78 Å². The molecule has 0 saturated heterocycles. The van der Waals surface area contributed by atoms with Gasteiger partial charge >= 0.3 is 5.97 Å². The number of nitrogens with zero attached hydrogens (tertiary/aromatic N) is 2. The third-order valence-electron chi connectivity index (χ3n) is 3.58. The van der Waals surface area contributed by atoms with Crippen molar-refractivity contribution in [2.75, 3.05) is 0 Å². The first-order valence-corrected chi connectivity index (χ1v) is 7.01. The number of imidazole rings is 1. The van der Waals surface area contributed by atoms with Crippen molar-refractivity contribution in [3.05, 3.63) is 65.5 Å². The van der Waals surface area contributed by atoms with Crippen LogP contribution in [0.25, 0.3) is 11.0 Å². The molecule has 0 bridgehead atoms. The second-order valence-corrected chi connectivity index (χ2v) is 5.23. The maximum atomic E-state index is 11.1. The minimum Gasteiger partial charge on any atom is -0.478 e. The SMILES string of the molecule is CC(O)c1nc2cc(C(=O)O)ccc2n1Cc1ccccc1. The number of carbonyl (C=O) groups is 1. The molecule has 1 unspecified atom stereocenters. The van der Waals surface area contributed by atoms with Gasteiger partial charge in [-0.15, -0.1) is 0 Å². The number of hydrogen-bond donors (Lipinski definition) is 2. The van der Waals surface area contributed by atoms with Crippen LogP contribution in [0.4, 0.5) is 0 Å². The molecule has 0 saturated carbocycles. The molecule has 0 fully saturated rings. The Morgan fingerprint density at radius 2 is 1.95 bits per heavy atom. The first-order valence-electron chi connectivity index (χ1n) is 7.01. The van der Waals surface area contributed by atoms with E-state index in [1.807, 2.05) is 34.9 Å². The van der Waals surface area contributed by atoms with Crippen LogP contribution in [-0.2, 0) is 6.54 Å². The lowest BCUT2D eigenvalue weighted by Crippen LogP contribution is -2.07. The number of aromatic carboxylic acids is 1. The van der Waals surface area contributed by atoms with Crippen LogP contribution in [0.2, 0.25) is 0 Å². The molecular formula is C17H16N2O3. The highest BCUT2D eigenvalue weighted by Crippen LogP contribution is 2.23. The van der Waals surface area contributed by atoms with Crippen LogP contribution in [0.1, 0.15) is 34.8 Å². The van der Waals surface area contributed by atoms with E-state index in [9.17, 15) is 9.90 Å². The molecule has 0 aliphatic heterocycles. The molecule has 5 heteroatoms. The van der Waals surface area contributed by atoms with Gasteiger partial charge in [-0.1, -0.05) is 30.3 Å². The van der Waals surface area contributed by atoms with E-state index in [1.165, 1.54) is 6.07 Å². The van der Waals surface area contributed by atoms with Gasteiger partial charge in [0.25, 0.3) is 0 Å². The molecule has 0 aliphatic rings. The first kappa shape index (κ1) is 14.3. The average Bonchev–Trinajstić information content (AvgIpc) is 2.86. The van der Waals surface area contributed by atoms with Crippen molar-refractivity contribution in [1.82, 2.24) is 9.55 Å². The van der Waals surface area contributed by atoms with Crippen LogP contribution in [0.3, 0.4) is 0 Å². The van der Waals surface area contributed by atoms with Gasteiger partial charge < -0.3 is 14.8 Å². The minimum absolute atomic E-state index is 0.189. The van der Waals surface area contributed by atoms with E-state index in [0.29, 0.717) is 17.9 Å². The van der Waals surface area contributed by atoms with Crippen LogP contribution in [0.5, 0.6) is 0 Å². The van der Waals surface area contributed by atoms with Crippen molar-refractivity contribution >= 4 is 17.0 Å². The second-order valence-electron chi connectivity index (χ2n) is 5.23. The minimum atomic E-state index is -0.988. The summed E-state index contributed by atoms with van der Waals surface area (Å²) in [6.07, 6.45) is -0.732. The molecule has 22 heavy (non-hydrogen) atoms. The lowest BCUT2D eigenvalue weighted by Gasteiger charge is -2.11. The summed E-state index contributed by atoms with van der Waals surface area (Å²) in [6.45, 7) is 2.23. The molecule has 1 heterocycles. The predicted octanol–water partition coefficient (Wildman–Crippen LogP) is 2.84. The number of hydrogen-bond acceptors (Lipinski definition) is 3. The Kier molecular flexibility index (Phi) is 3.65. The highest BCUT2D eigenvalue weighted by molar-refractivity contribution is 5.92. The van der Waals surface area contributed by atoms with Crippen molar-refractivity contribution in [3.8, 4) is 0 Å². The Balaban J connectivity index is 2.14. The summed E-state index contributed by atoms with van der Waals surface area (Å²) in [7, 11) is 0. The van der Waals surface area contributed by atoms with Crippen LogP contribution in [0, 0.1) is 0 Å². The zero-order chi connectivity index (χ0) is 15.7.